The summed E-state index contributed by atoms with van der Waals surface area (Å²) in [4.78, 5) is 0. The first-order valence-electron chi connectivity index (χ1n) is 7.49. The van der Waals surface area contributed by atoms with Crippen LogP contribution in [0.25, 0.3) is 0 Å². The molecule has 0 amide bonds. The molecule has 19 heavy (non-hydrogen) atoms. The lowest BCUT2D eigenvalue weighted by molar-refractivity contribution is 0.0476. The van der Waals surface area contributed by atoms with Crippen LogP contribution in [0.5, 0.6) is 0 Å². The molecule has 2 atom stereocenters. The molecule has 0 heterocycles. The van der Waals surface area contributed by atoms with Crippen molar-refractivity contribution >= 4 is 0 Å². The molecular formula is C17H29NO. The number of nitrogens with one attached hydrogen (secondary N) is 1. The van der Waals surface area contributed by atoms with E-state index in [0.29, 0.717) is 6.04 Å². The Bertz CT molecular complexity index is 376. The molecule has 108 valence electrons. The predicted octanol–water partition coefficient (Wildman–Crippen LogP) is 3.64. The van der Waals surface area contributed by atoms with Crippen LogP contribution in [0.4, 0.5) is 0 Å². The fraction of sp³-hybridized carbons (Fsp3) is 0.647. The maximum atomic E-state index is 5.78. The Morgan fingerprint density at radius 1 is 1.21 bits per heavy atom. The van der Waals surface area contributed by atoms with Crippen LogP contribution in [0.15, 0.2) is 18.2 Å². The van der Waals surface area contributed by atoms with Crippen molar-refractivity contribution in [1.29, 1.82) is 0 Å². The molecule has 1 aromatic carbocycles. The van der Waals surface area contributed by atoms with Gasteiger partial charge < -0.3 is 10.1 Å². The number of hydrogen-bond acceptors (Lipinski definition) is 2. The smallest absolute Gasteiger partial charge is 0.0703 e. The molecule has 2 unspecified atom stereocenters. The highest BCUT2D eigenvalue weighted by molar-refractivity contribution is 5.31. The average molecular weight is 263 g/mol. The molecule has 2 heteroatoms. The lowest BCUT2D eigenvalue weighted by Gasteiger charge is -2.26. The fourth-order valence-corrected chi connectivity index (χ4v) is 2.37. The van der Waals surface area contributed by atoms with Crippen LogP contribution in [-0.4, -0.2) is 25.3 Å². The standard InChI is InChI=1S/C17H29NO/c1-6-10-18-17(15(5)19-7-2)12-16-11-13(3)8-9-14(16)4/h8-9,11,15,17-18H,6-7,10,12H2,1-5H3. The molecule has 1 rings (SSSR count). The minimum atomic E-state index is 0.247. The lowest BCUT2D eigenvalue weighted by Crippen LogP contribution is -2.42. The van der Waals surface area contributed by atoms with Gasteiger partial charge in [-0.3, -0.25) is 0 Å². The van der Waals surface area contributed by atoms with Gasteiger partial charge in [0.1, 0.15) is 0 Å². The molecule has 0 radical (unpaired) electrons. The van der Waals surface area contributed by atoms with Gasteiger partial charge in [0.15, 0.2) is 0 Å². The van der Waals surface area contributed by atoms with E-state index in [1.807, 2.05) is 0 Å². The van der Waals surface area contributed by atoms with Crippen LogP contribution in [0.3, 0.4) is 0 Å². The van der Waals surface area contributed by atoms with Crippen molar-refractivity contribution in [3.8, 4) is 0 Å². The van der Waals surface area contributed by atoms with Crippen LogP contribution < -0.4 is 5.32 Å². The molecule has 0 saturated carbocycles. The van der Waals surface area contributed by atoms with Crippen molar-refractivity contribution in [2.75, 3.05) is 13.2 Å². The zero-order valence-electron chi connectivity index (χ0n) is 13.1. The average Bonchev–Trinajstić information content (AvgIpc) is 2.38. The molecule has 0 aliphatic rings. The van der Waals surface area contributed by atoms with Crippen molar-refractivity contribution in [3.05, 3.63) is 34.9 Å². The second-order valence-corrected chi connectivity index (χ2v) is 5.36. The van der Waals surface area contributed by atoms with Gasteiger partial charge in [0.05, 0.1) is 6.10 Å². The molecule has 1 aromatic rings. The number of aryl methyl sites for hydroxylation is 2. The van der Waals surface area contributed by atoms with Crippen molar-refractivity contribution in [3.63, 3.8) is 0 Å². The topological polar surface area (TPSA) is 21.3 Å². The Kier molecular flexibility index (Phi) is 7.11. The van der Waals surface area contributed by atoms with E-state index in [1.165, 1.54) is 16.7 Å². The SMILES string of the molecule is CCCNC(Cc1cc(C)ccc1C)C(C)OCC. The fourth-order valence-electron chi connectivity index (χ4n) is 2.37. The summed E-state index contributed by atoms with van der Waals surface area (Å²) in [6.45, 7) is 12.6. The summed E-state index contributed by atoms with van der Waals surface area (Å²) < 4.78 is 5.78. The Morgan fingerprint density at radius 3 is 2.58 bits per heavy atom. The molecule has 0 bridgehead atoms. The van der Waals surface area contributed by atoms with E-state index in [9.17, 15) is 0 Å². The minimum absolute atomic E-state index is 0.247. The molecule has 0 fully saturated rings. The van der Waals surface area contributed by atoms with E-state index in [4.69, 9.17) is 4.74 Å². The van der Waals surface area contributed by atoms with Crippen LogP contribution in [-0.2, 0) is 11.2 Å². The van der Waals surface area contributed by atoms with Crippen molar-refractivity contribution in [2.45, 2.75) is 59.6 Å². The van der Waals surface area contributed by atoms with Crippen molar-refractivity contribution in [2.24, 2.45) is 0 Å². The van der Waals surface area contributed by atoms with Crippen LogP contribution >= 0.6 is 0 Å². The summed E-state index contributed by atoms with van der Waals surface area (Å²) in [6, 6.07) is 7.08. The predicted molar refractivity (Wildman–Crippen MR) is 82.8 cm³/mol. The molecule has 0 aromatic heterocycles. The molecule has 0 saturated heterocycles. The lowest BCUT2D eigenvalue weighted by atomic mass is 9.96. The van der Waals surface area contributed by atoms with E-state index in [0.717, 1.165) is 26.0 Å². The third-order valence-corrected chi connectivity index (χ3v) is 3.60. The van der Waals surface area contributed by atoms with Gasteiger partial charge in [-0.1, -0.05) is 30.7 Å². The first-order chi connectivity index (χ1) is 9.08. The minimum Gasteiger partial charge on any atom is -0.377 e. The van der Waals surface area contributed by atoms with Gasteiger partial charge >= 0.3 is 0 Å². The zero-order valence-corrected chi connectivity index (χ0v) is 13.1. The second kappa shape index (κ2) is 8.34. The monoisotopic (exact) mass is 263 g/mol. The van der Waals surface area contributed by atoms with E-state index in [2.05, 4.69) is 58.1 Å². The highest BCUT2D eigenvalue weighted by Gasteiger charge is 2.18. The van der Waals surface area contributed by atoms with E-state index in [1.54, 1.807) is 0 Å². The van der Waals surface area contributed by atoms with E-state index < -0.39 is 0 Å². The molecule has 1 N–H and O–H groups in total. The summed E-state index contributed by atoms with van der Waals surface area (Å²) in [7, 11) is 0. The first kappa shape index (κ1) is 16.2. The normalized spacial score (nSPS) is 14.4. The summed E-state index contributed by atoms with van der Waals surface area (Å²) in [5.41, 5.74) is 4.14. The second-order valence-electron chi connectivity index (χ2n) is 5.36. The zero-order chi connectivity index (χ0) is 14.3. The quantitative estimate of drug-likeness (QED) is 0.773. The third-order valence-electron chi connectivity index (χ3n) is 3.60. The number of hydrogen-bond donors (Lipinski definition) is 1. The number of rotatable bonds is 8. The highest BCUT2D eigenvalue weighted by atomic mass is 16.5. The van der Waals surface area contributed by atoms with Gasteiger partial charge in [0, 0.05) is 12.6 Å². The number of ether oxygens (including phenoxy) is 1. The van der Waals surface area contributed by atoms with Gasteiger partial charge in [0.2, 0.25) is 0 Å². The highest BCUT2D eigenvalue weighted by Crippen LogP contribution is 2.15. The van der Waals surface area contributed by atoms with Gasteiger partial charge in [-0.05, 0) is 58.2 Å². The molecule has 0 aliphatic heterocycles. The summed E-state index contributed by atoms with van der Waals surface area (Å²) >= 11 is 0. The Balaban J connectivity index is 2.77. The Morgan fingerprint density at radius 2 is 1.95 bits per heavy atom. The van der Waals surface area contributed by atoms with Gasteiger partial charge in [-0.15, -0.1) is 0 Å². The van der Waals surface area contributed by atoms with Gasteiger partial charge in [0.25, 0.3) is 0 Å². The maximum Gasteiger partial charge on any atom is 0.0703 e. The third kappa shape index (κ3) is 5.33. The summed E-state index contributed by atoms with van der Waals surface area (Å²) in [5.74, 6) is 0. The first-order valence-corrected chi connectivity index (χ1v) is 7.49. The number of benzene rings is 1. The van der Waals surface area contributed by atoms with Gasteiger partial charge in [-0.2, -0.15) is 0 Å². The summed E-state index contributed by atoms with van der Waals surface area (Å²) in [5, 5.41) is 3.62. The van der Waals surface area contributed by atoms with Crippen LogP contribution in [0.1, 0.15) is 43.9 Å². The van der Waals surface area contributed by atoms with Gasteiger partial charge in [-0.25, -0.2) is 0 Å². The van der Waals surface area contributed by atoms with Crippen LogP contribution in [0.2, 0.25) is 0 Å². The van der Waals surface area contributed by atoms with Crippen molar-refractivity contribution in [1.82, 2.24) is 5.32 Å². The van der Waals surface area contributed by atoms with Crippen LogP contribution in [0, 0.1) is 13.8 Å². The molecule has 2 nitrogen and oxygen atoms in total. The van der Waals surface area contributed by atoms with E-state index in [-0.39, 0.29) is 6.10 Å². The summed E-state index contributed by atoms with van der Waals surface area (Å²) in [6.07, 6.45) is 2.44. The Labute approximate surface area is 118 Å². The van der Waals surface area contributed by atoms with Crippen molar-refractivity contribution < 1.29 is 4.74 Å². The maximum absolute atomic E-state index is 5.78. The molecule has 0 aliphatic carbocycles. The Hall–Kier alpha value is -0.860. The largest absolute Gasteiger partial charge is 0.377 e. The molecule has 0 spiro atoms. The molecular weight excluding hydrogens is 234 g/mol. The van der Waals surface area contributed by atoms with E-state index >= 15 is 0 Å².